The average Bonchev–Trinajstić information content (AvgIpc) is 3.16. The average molecular weight is 324 g/mol. The number of aromatic nitrogens is 5. The second-order valence-corrected chi connectivity index (χ2v) is 6.23. The molecule has 7 heteroatoms. The molecule has 7 nitrogen and oxygen atoms in total. The summed E-state index contributed by atoms with van der Waals surface area (Å²) < 4.78 is 7.49. The summed E-state index contributed by atoms with van der Waals surface area (Å²) in [6.07, 6.45) is 6.44. The molecule has 0 aromatic carbocycles. The smallest absolute Gasteiger partial charge is 0.163 e. The van der Waals surface area contributed by atoms with E-state index in [0.29, 0.717) is 12.5 Å². The molecule has 1 N–H and O–H groups in total. The molecule has 4 rings (SSSR count). The van der Waals surface area contributed by atoms with E-state index >= 15 is 0 Å². The minimum Gasteiger partial charge on any atom is -0.379 e. The maximum Gasteiger partial charge on any atom is 0.163 e. The molecule has 0 radical (unpaired) electrons. The van der Waals surface area contributed by atoms with Gasteiger partial charge in [0.25, 0.3) is 0 Å². The minimum atomic E-state index is 0.218. The van der Waals surface area contributed by atoms with Gasteiger partial charge in [-0.2, -0.15) is 5.10 Å². The van der Waals surface area contributed by atoms with E-state index in [1.165, 1.54) is 5.56 Å². The van der Waals surface area contributed by atoms with Crippen molar-refractivity contribution in [3.05, 3.63) is 42.1 Å². The van der Waals surface area contributed by atoms with Gasteiger partial charge >= 0.3 is 0 Å². The van der Waals surface area contributed by atoms with Crippen molar-refractivity contribution in [1.29, 1.82) is 0 Å². The number of rotatable bonds is 4. The van der Waals surface area contributed by atoms with Crippen LogP contribution in [0.3, 0.4) is 0 Å². The Hall–Kier alpha value is -2.54. The quantitative estimate of drug-likeness (QED) is 0.787. The van der Waals surface area contributed by atoms with E-state index in [-0.39, 0.29) is 6.04 Å². The Morgan fingerprint density at radius 3 is 2.92 bits per heavy atom. The number of hydrogen-bond donors (Lipinski definition) is 1. The number of ether oxygens (including phenoxy) is 1. The van der Waals surface area contributed by atoms with Gasteiger partial charge in [0.05, 0.1) is 30.8 Å². The van der Waals surface area contributed by atoms with Gasteiger partial charge in [-0.05, 0) is 31.0 Å². The minimum absolute atomic E-state index is 0.218. The van der Waals surface area contributed by atoms with Crippen molar-refractivity contribution in [2.45, 2.75) is 19.4 Å². The zero-order chi connectivity index (χ0) is 16.5. The zero-order valence-electron chi connectivity index (χ0n) is 13.8. The molecule has 1 saturated heterocycles. The molecule has 3 aromatic heterocycles. The van der Waals surface area contributed by atoms with Crippen molar-refractivity contribution in [1.82, 2.24) is 24.7 Å². The maximum atomic E-state index is 5.72. The molecule has 0 saturated carbocycles. The van der Waals surface area contributed by atoms with Crippen LogP contribution in [0.4, 0.5) is 5.82 Å². The lowest BCUT2D eigenvalue weighted by Crippen LogP contribution is -2.30. The van der Waals surface area contributed by atoms with Crippen LogP contribution in [0.5, 0.6) is 0 Å². The molecule has 2 atom stereocenters. The Bertz CT molecular complexity index is 847. The first-order valence-corrected chi connectivity index (χ1v) is 8.10. The van der Waals surface area contributed by atoms with E-state index in [0.717, 1.165) is 35.7 Å². The molecule has 3 aromatic rings. The highest BCUT2D eigenvalue weighted by Crippen LogP contribution is 2.25. The van der Waals surface area contributed by atoms with Crippen LogP contribution in [0, 0.1) is 12.8 Å². The molecule has 0 amide bonds. The number of aryl methyl sites for hydroxylation is 2. The molecule has 0 spiro atoms. The van der Waals surface area contributed by atoms with E-state index < -0.39 is 0 Å². The fourth-order valence-corrected chi connectivity index (χ4v) is 3.20. The van der Waals surface area contributed by atoms with Crippen LogP contribution in [0.25, 0.3) is 11.0 Å². The summed E-state index contributed by atoms with van der Waals surface area (Å²) in [5.74, 6) is 1.97. The summed E-state index contributed by atoms with van der Waals surface area (Å²) in [6.45, 7) is 3.33. The summed E-state index contributed by atoms with van der Waals surface area (Å²) in [4.78, 5) is 13.1. The van der Waals surface area contributed by atoms with Crippen LogP contribution in [0.2, 0.25) is 0 Å². The molecular formula is C17H20N6O. The first-order valence-electron chi connectivity index (χ1n) is 8.10. The lowest BCUT2D eigenvalue weighted by molar-refractivity contribution is 0.185. The predicted molar refractivity (Wildman–Crippen MR) is 90.7 cm³/mol. The second-order valence-electron chi connectivity index (χ2n) is 6.23. The third-order valence-electron chi connectivity index (χ3n) is 4.47. The van der Waals surface area contributed by atoms with Gasteiger partial charge in [0.15, 0.2) is 5.65 Å². The zero-order valence-corrected chi connectivity index (χ0v) is 13.8. The second kappa shape index (κ2) is 6.16. The number of hydrogen-bond acceptors (Lipinski definition) is 6. The highest BCUT2D eigenvalue weighted by atomic mass is 16.5. The van der Waals surface area contributed by atoms with Crippen LogP contribution in [0.15, 0.2) is 30.7 Å². The molecule has 124 valence electrons. The summed E-state index contributed by atoms with van der Waals surface area (Å²) in [5.41, 5.74) is 2.12. The van der Waals surface area contributed by atoms with Gasteiger partial charge < -0.3 is 10.1 Å². The fourth-order valence-electron chi connectivity index (χ4n) is 3.20. The van der Waals surface area contributed by atoms with Crippen molar-refractivity contribution >= 4 is 16.9 Å². The Kier molecular flexibility index (Phi) is 3.86. The topological polar surface area (TPSA) is 77.8 Å². The number of fused-ring (bicyclic) bond motifs is 1. The van der Waals surface area contributed by atoms with Crippen LogP contribution < -0.4 is 5.32 Å². The molecule has 0 bridgehead atoms. The van der Waals surface area contributed by atoms with E-state index in [1.54, 1.807) is 4.68 Å². The van der Waals surface area contributed by atoms with Crippen molar-refractivity contribution in [2.75, 3.05) is 18.5 Å². The summed E-state index contributed by atoms with van der Waals surface area (Å²) in [7, 11) is 1.89. The van der Waals surface area contributed by atoms with E-state index in [1.807, 2.05) is 32.6 Å². The van der Waals surface area contributed by atoms with Gasteiger partial charge in [-0.25, -0.2) is 9.97 Å². The molecule has 1 aliphatic heterocycles. The Balaban J connectivity index is 1.58. The number of pyridine rings is 1. The lowest BCUT2D eigenvalue weighted by atomic mass is 9.95. The Morgan fingerprint density at radius 2 is 2.08 bits per heavy atom. The van der Waals surface area contributed by atoms with Crippen molar-refractivity contribution in [2.24, 2.45) is 13.0 Å². The molecule has 24 heavy (non-hydrogen) atoms. The van der Waals surface area contributed by atoms with Crippen molar-refractivity contribution < 1.29 is 4.74 Å². The van der Waals surface area contributed by atoms with Crippen LogP contribution in [-0.2, 0) is 18.2 Å². The third-order valence-corrected chi connectivity index (χ3v) is 4.47. The molecule has 1 fully saturated rings. The standard InChI is InChI=1S/C17H20N6O/c1-11-20-16(14-8-19-23(2)17(14)21-11)22-15-10-24-9-13(15)7-12-3-5-18-6-4-12/h3-6,8,13,15H,7,9-10H2,1-2H3,(H,20,21,22)/t13-,15-/m1/s1. The highest BCUT2D eigenvalue weighted by molar-refractivity contribution is 5.86. The van der Waals surface area contributed by atoms with Gasteiger partial charge in [-0.15, -0.1) is 0 Å². The SMILES string of the molecule is Cc1nc(N[C@@H]2COC[C@H]2Cc2ccncc2)c2cnn(C)c2n1. The summed E-state index contributed by atoms with van der Waals surface area (Å²) in [6, 6.07) is 4.34. The molecular weight excluding hydrogens is 304 g/mol. The molecule has 4 heterocycles. The van der Waals surface area contributed by atoms with Gasteiger partial charge in [0.1, 0.15) is 11.6 Å². The van der Waals surface area contributed by atoms with Gasteiger partial charge in [-0.3, -0.25) is 9.67 Å². The van der Waals surface area contributed by atoms with Crippen molar-refractivity contribution in [3.63, 3.8) is 0 Å². The Labute approximate surface area is 140 Å². The third kappa shape index (κ3) is 2.82. The van der Waals surface area contributed by atoms with Gasteiger partial charge in [-0.1, -0.05) is 0 Å². The highest BCUT2D eigenvalue weighted by Gasteiger charge is 2.29. The van der Waals surface area contributed by atoms with Crippen LogP contribution in [-0.4, -0.2) is 44.0 Å². The number of nitrogens with one attached hydrogen (secondary N) is 1. The van der Waals surface area contributed by atoms with E-state index in [4.69, 9.17) is 4.74 Å². The van der Waals surface area contributed by atoms with E-state index in [2.05, 4.69) is 37.5 Å². The molecule has 1 aliphatic rings. The largest absolute Gasteiger partial charge is 0.379 e. The first-order chi connectivity index (χ1) is 11.7. The normalized spacial score (nSPS) is 20.6. The summed E-state index contributed by atoms with van der Waals surface area (Å²) in [5, 5.41) is 8.80. The predicted octanol–water partition coefficient (Wildman–Crippen LogP) is 1.74. The Morgan fingerprint density at radius 1 is 1.25 bits per heavy atom. The number of nitrogens with zero attached hydrogens (tertiary/aromatic N) is 5. The lowest BCUT2D eigenvalue weighted by Gasteiger charge is -2.20. The van der Waals surface area contributed by atoms with Crippen LogP contribution >= 0.6 is 0 Å². The van der Waals surface area contributed by atoms with Crippen LogP contribution in [0.1, 0.15) is 11.4 Å². The maximum absolute atomic E-state index is 5.72. The van der Waals surface area contributed by atoms with Gasteiger partial charge in [0.2, 0.25) is 0 Å². The first kappa shape index (κ1) is 15.0. The van der Waals surface area contributed by atoms with Crippen molar-refractivity contribution in [3.8, 4) is 0 Å². The van der Waals surface area contributed by atoms with E-state index in [9.17, 15) is 0 Å². The summed E-state index contributed by atoms with van der Waals surface area (Å²) >= 11 is 0. The fraction of sp³-hybridized carbons (Fsp3) is 0.412. The molecule has 0 aliphatic carbocycles. The number of anilines is 1. The van der Waals surface area contributed by atoms with Gasteiger partial charge in [0, 0.05) is 25.4 Å². The monoisotopic (exact) mass is 324 g/mol. The molecule has 0 unspecified atom stereocenters.